The second kappa shape index (κ2) is 58.4. The van der Waals surface area contributed by atoms with Crippen molar-refractivity contribution in [2.75, 3.05) is 13.2 Å². The maximum Gasteiger partial charge on any atom is 0.306 e. The number of hydrogen-bond acceptors (Lipinski definition) is 6. The summed E-state index contributed by atoms with van der Waals surface area (Å²) in [7, 11) is 0. The number of esters is 3. The zero-order chi connectivity index (χ0) is 51.4. The molecule has 1 atom stereocenters. The van der Waals surface area contributed by atoms with Gasteiger partial charge in [-0.05, 0) is 109 Å². The van der Waals surface area contributed by atoms with E-state index in [0.29, 0.717) is 19.3 Å². The van der Waals surface area contributed by atoms with Gasteiger partial charge in [-0.3, -0.25) is 14.4 Å². The van der Waals surface area contributed by atoms with Crippen LogP contribution in [0.15, 0.2) is 122 Å². The summed E-state index contributed by atoms with van der Waals surface area (Å²) in [5.41, 5.74) is 0. The lowest BCUT2D eigenvalue weighted by Crippen LogP contribution is -2.30. The summed E-state index contributed by atoms with van der Waals surface area (Å²) in [6.07, 6.45) is 80.4. The van der Waals surface area contributed by atoms with Gasteiger partial charge in [-0.2, -0.15) is 0 Å². The first-order valence-electron chi connectivity index (χ1n) is 29.0. The minimum Gasteiger partial charge on any atom is -0.462 e. The summed E-state index contributed by atoms with van der Waals surface area (Å²) < 4.78 is 16.8. The van der Waals surface area contributed by atoms with Gasteiger partial charge in [0.2, 0.25) is 0 Å². The van der Waals surface area contributed by atoms with Crippen LogP contribution in [0.1, 0.15) is 252 Å². The molecule has 0 aromatic rings. The molecule has 0 aliphatic carbocycles. The third-order valence-electron chi connectivity index (χ3n) is 12.0. The largest absolute Gasteiger partial charge is 0.462 e. The smallest absolute Gasteiger partial charge is 0.306 e. The lowest BCUT2D eigenvalue weighted by molar-refractivity contribution is -0.167. The molecule has 0 bridgehead atoms. The van der Waals surface area contributed by atoms with Crippen LogP contribution in [0.2, 0.25) is 0 Å². The molecule has 0 N–H and O–H groups in total. The van der Waals surface area contributed by atoms with Gasteiger partial charge in [0, 0.05) is 19.3 Å². The fourth-order valence-electron chi connectivity index (χ4n) is 7.67. The van der Waals surface area contributed by atoms with Crippen molar-refractivity contribution in [2.45, 2.75) is 258 Å². The van der Waals surface area contributed by atoms with Crippen LogP contribution in [0.3, 0.4) is 0 Å². The van der Waals surface area contributed by atoms with Crippen molar-refractivity contribution < 1.29 is 28.6 Å². The highest BCUT2D eigenvalue weighted by Crippen LogP contribution is 2.15. The summed E-state index contributed by atoms with van der Waals surface area (Å²) in [6.45, 7) is 6.36. The van der Waals surface area contributed by atoms with Crippen molar-refractivity contribution in [1.82, 2.24) is 0 Å². The Morgan fingerprint density at radius 2 is 0.549 bits per heavy atom. The average Bonchev–Trinajstić information content (AvgIpc) is 3.37. The topological polar surface area (TPSA) is 78.9 Å². The number of carbonyl (C=O) groups is 3. The molecule has 0 amide bonds. The van der Waals surface area contributed by atoms with E-state index >= 15 is 0 Å². The van der Waals surface area contributed by atoms with E-state index in [9.17, 15) is 14.4 Å². The van der Waals surface area contributed by atoms with Crippen molar-refractivity contribution in [2.24, 2.45) is 0 Å². The van der Waals surface area contributed by atoms with Gasteiger partial charge in [0.05, 0.1) is 0 Å². The predicted molar refractivity (Wildman–Crippen MR) is 306 cm³/mol. The number of carbonyl (C=O) groups excluding carboxylic acids is 3. The summed E-state index contributed by atoms with van der Waals surface area (Å²) in [4.78, 5) is 38.2. The predicted octanol–water partition coefficient (Wildman–Crippen LogP) is 19.6. The summed E-state index contributed by atoms with van der Waals surface area (Å²) >= 11 is 0. The van der Waals surface area contributed by atoms with E-state index < -0.39 is 6.10 Å². The summed E-state index contributed by atoms with van der Waals surface area (Å²) in [6, 6.07) is 0. The first-order valence-corrected chi connectivity index (χ1v) is 29.0. The van der Waals surface area contributed by atoms with Crippen LogP contribution in [-0.4, -0.2) is 37.2 Å². The molecule has 6 heteroatoms. The monoisotopic (exact) mass is 983 g/mol. The van der Waals surface area contributed by atoms with Gasteiger partial charge in [-0.15, -0.1) is 0 Å². The zero-order valence-corrected chi connectivity index (χ0v) is 45.9. The normalized spacial score (nSPS) is 13.0. The van der Waals surface area contributed by atoms with Gasteiger partial charge in [0.1, 0.15) is 13.2 Å². The Morgan fingerprint density at radius 3 is 0.859 bits per heavy atom. The van der Waals surface area contributed by atoms with Crippen molar-refractivity contribution in [3.05, 3.63) is 122 Å². The SMILES string of the molecule is CC/C=C/C/C=C/C/C=C/C/C=C/C/C=C/CCCCCC(=O)OC[C@@H](COC(=O)CCCCCCCCCCCCCCCCC)OC(=O)CCCCC/C=C/C/C=C/C/C=C/C/C=C/C/C=C/CC. The fraction of sp³-hybridized carbons (Fsp3) is 0.646. The quantitative estimate of drug-likeness (QED) is 0.0261. The van der Waals surface area contributed by atoms with E-state index in [0.717, 1.165) is 128 Å². The third-order valence-corrected chi connectivity index (χ3v) is 12.0. The minimum absolute atomic E-state index is 0.103. The van der Waals surface area contributed by atoms with Gasteiger partial charge in [-0.1, -0.05) is 245 Å². The average molecular weight is 984 g/mol. The molecule has 0 spiro atoms. The maximum atomic E-state index is 12.9. The van der Waals surface area contributed by atoms with E-state index in [1.165, 1.54) is 77.0 Å². The molecule has 0 aromatic heterocycles. The molecule has 71 heavy (non-hydrogen) atoms. The first-order chi connectivity index (χ1) is 35.0. The lowest BCUT2D eigenvalue weighted by Gasteiger charge is -2.18. The maximum absolute atomic E-state index is 12.9. The van der Waals surface area contributed by atoms with Crippen LogP contribution in [-0.2, 0) is 28.6 Å². The molecule has 402 valence electrons. The standard InChI is InChI=1S/C65H106O6/c1-4-7-10-13-16-19-22-25-28-30-32-34-37-40-43-46-49-52-55-58-64(67)70-61-62(60-69-63(66)57-54-51-48-45-42-39-36-27-24-21-18-15-12-9-6-3)71-65(68)59-56-53-50-47-44-41-38-35-33-31-29-26-23-20-17-14-11-8-5-2/h7-8,10-11,16-17,19-20,25-26,28-29,32-35,40-41,43-44,62H,4-6,9,12-15,18,21-24,27,30-31,36-39,42,45-61H2,1-3H3/b10-7+,11-8+,19-16+,20-17+,28-25+,29-26+,34-32+,35-33+,43-40+,44-41+/t62-/m1/s1. The Morgan fingerprint density at radius 1 is 0.296 bits per heavy atom. The number of ether oxygens (including phenoxy) is 3. The molecule has 0 radical (unpaired) electrons. The van der Waals surface area contributed by atoms with E-state index in [1.807, 2.05) is 0 Å². The second-order valence-corrected chi connectivity index (χ2v) is 18.8. The number of rotatable bonds is 51. The van der Waals surface area contributed by atoms with Gasteiger partial charge in [0.25, 0.3) is 0 Å². The lowest BCUT2D eigenvalue weighted by atomic mass is 10.0. The molecule has 0 heterocycles. The highest BCUT2D eigenvalue weighted by atomic mass is 16.6. The molecular weight excluding hydrogens is 877 g/mol. The first kappa shape index (κ1) is 66.8. The Hall–Kier alpha value is -4.19. The van der Waals surface area contributed by atoms with Crippen LogP contribution in [0, 0.1) is 0 Å². The minimum atomic E-state index is -0.812. The molecule has 0 aliphatic rings. The van der Waals surface area contributed by atoms with Crippen LogP contribution >= 0.6 is 0 Å². The van der Waals surface area contributed by atoms with Gasteiger partial charge in [-0.25, -0.2) is 0 Å². The van der Waals surface area contributed by atoms with Crippen LogP contribution in [0.4, 0.5) is 0 Å². The fourth-order valence-corrected chi connectivity index (χ4v) is 7.67. The van der Waals surface area contributed by atoms with Crippen LogP contribution < -0.4 is 0 Å². The Labute approximate surface area is 437 Å². The van der Waals surface area contributed by atoms with E-state index in [2.05, 4.69) is 142 Å². The van der Waals surface area contributed by atoms with Crippen molar-refractivity contribution in [3.63, 3.8) is 0 Å². The molecule has 0 saturated heterocycles. The number of allylic oxidation sites excluding steroid dienone is 20. The summed E-state index contributed by atoms with van der Waals surface area (Å²) in [5.74, 6) is -0.968. The van der Waals surface area contributed by atoms with Crippen LogP contribution in [0.25, 0.3) is 0 Å². The van der Waals surface area contributed by atoms with E-state index in [-0.39, 0.29) is 37.5 Å². The van der Waals surface area contributed by atoms with Crippen LogP contribution in [0.5, 0.6) is 0 Å². The molecule has 0 saturated carbocycles. The molecule has 6 nitrogen and oxygen atoms in total. The van der Waals surface area contributed by atoms with Gasteiger partial charge in [0.15, 0.2) is 6.10 Å². The second-order valence-electron chi connectivity index (χ2n) is 18.8. The van der Waals surface area contributed by atoms with Crippen molar-refractivity contribution in [1.29, 1.82) is 0 Å². The number of unbranched alkanes of at least 4 members (excludes halogenated alkanes) is 20. The Balaban J connectivity index is 4.52. The van der Waals surface area contributed by atoms with E-state index in [1.54, 1.807) is 0 Å². The highest BCUT2D eigenvalue weighted by molar-refractivity contribution is 5.71. The zero-order valence-electron chi connectivity index (χ0n) is 45.9. The van der Waals surface area contributed by atoms with Crippen molar-refractivity contribution >= 4 is 17.9 Å². The molecule has 0 unspecified atom stereocenters. The molecule has 0 aliphatic heterocycles. The van der Waals surface area contributed by atoms with E-state index in [4.69, 9.17) is 14.2 Å². The van der Waals surface area contributed by atoms with Gasteiger partial charge < -0.3 is 14.2 Å². The Bertz CT molecular complexity index is 1500. The number of hydrogen-bond donors (Lipinski definition) is 0. The molecular formula is C65H106O6. The molecule has 0 aromatic carbocycles. The third kappa shape index (κ3) is 56.6. The molecule has 0 fully saturated rings. The van der Waals surface area contributed by atoms with Gasteiger partial charge >= 0.3 is 17.9 Å². The Kier molecular flexibility index (Phi) is 54.9. The summed E-state index contributed by atoms with van der Waals surface area (Å²) in [5, 5.41) is 0. The molecule has 0 rings (SSSR count). The highest BCUT2D eigenvalue weighted by Gasteiger charge is 2.19. The van der Waals surface area contributed by atoms with Crippen molar-refractivity contribution in [3.8, 4) is 0 Å².